The summed E-state index contributed by atoms with van der Waals surface area (Å²) in [5.41, 5.74) is 0.442. The van der Waals surface area contributed by atoms with Crippen molar-refractivity contribution in [1.29, 1.82) is 0 Å². The van der Waals surface area contributed by atoms with Gasteiger partial charge in [-0.2, -0.15) is 0 Å². The van der Waals surface area contributed by atoms with E-state index in [9.17, 15) is 14.4 Å². The molecule has 0 saturated carbocycles. The van der Waals surface area contributed by atoms with Crippen LogP contribution in [0.1, 0.15) is 20.3 Å². The molecule has 1 aromatic carbocycles. The maximum Gasteiger partial charge on any atom is 0.340 e. The van der Waals surface area contributed by atoms with Crippen LogP contribution in [0, 0.1) is 0 Å². The molecular formula is C12H13NO4. The van der Waals surface area contributed by atoms with Gasteiger partial charge in [-0.25, -0.2) is 4.79 Å². The molecule has 0 radical (unpaired) electrons. The Hall–Kier alpha value is -2.17. The van der Waals surface area contributed by atoms with E-state index in [1.54, 1.807) is 30.3 Å². The van der Waals surface area contributed by atoms with E-state index in [-0.39, 0.29) is 12.2 Å². The van der Waals surface area contributed by atoms with Gasteiger partial charge in [0.1, 0.15) is 12.2 Å². The Bertz CT molecular complexity index is 427. The SMILES string of the molecule is CC(=O)CC(=O)ON(C(C)=O)c1ccccc1. The zero-order valence-corrected chi connectivity index (χ0v) is 9.67. The first-order valence-corrected chi connectivity index (χ1v) is 5.06. The smallest absolute Gasteiger partial charge is 0.333 e. The van der Waals surface area contributed by atoms with E-state index in [0.717, 1.165) is 5.06 Å². The average molecular weight is 235 g/mol. The quantitative estimate of drug-likeness (QED) is 0.588. The molecule has 5 heteroatoms. The number of anilines is 1. The lowest BCUT2D eigenvalue weighted by Crippen LogP contribution is -2.32. The number of hydroxylamine groups is 1. The summed E-state index contributed by atoms with van der Waals surface area (Å²) in [6.45, 7) is 2.55. The Morgan fingerprint density at radius 2 is 1.71 bits per heavy atom. The second-order valence-electron chi connectivity index (χ2n) is 3.49. The van der Waals surface area contributed by atoms with E-state index in [2.05, 4.69) is 0 Å². The van der Waals surface area contributed by atoms with Gasteiger partial charge in [-0.15, -0.1) is 5.06 Å². The molecule has 0 aromatic heterocycles. The molecule has 0 saturated heterocycles. The number of Topliss-reactive ketones (excluding diaryl/α,β-unsaturated/α-hetero) is 1. The Kier molecular flexibility index (Phi) is 4.39. The fourth-order valence-corrected chi connectivity index (χ4v) is 1.20. The summed E-state index contributed by atoms with van der Waals surface area (Å²) in [5.74, 6) is -1.50. The van der Waals surface area contributed by atoms with Crippen LogP contribution < -0.4 is 5.06 Å². The Morgan fingerprint density at radius 3 is 2.18 bits per heavy atom. The van der Waals surface area contributed by atoms with Crippen molar-refractivity contribution in [2.45, 2.75) is 20.3 Å². The number of para-hydroxylation sites is 1. The minimum absolute atomic E-state index is 0.313. The first-order chi connectivity index (χ1) is 8.00. The van der Waals surface area contributed by atoms with Gasteiger partial charge >= 0.3 is 5.97 Å². The predicted molar refractivity (Wildman–Crippen MR) is 61.0 cm³/mol. The highest BCUT2D eigenvalue weighted by Gasteiger charge is 2.17. The molecule has 0 fully saturated rings. The molecule has 17 heavy (non-hydrogen) atoms. The molecule has 90 valence electrons. The summed E-state index contributed by atoms with van der Waals surface area (Å²) in [4.78, 5) is 38.2. The average Bonchev–Trinajstić information content (AvgIpc) is 2.25. The molecule has 0 heterocycles. The molecule has 0 aliphatic heterocycles. The van der Waals surface area contributed by atoms with Crippen LogP contribution in [0.5, 0.6) is 0 Å². The van der Waals surface area contributed by atoms with Crippen LogP contribution in [0.3, 0.4) is 0 Å². The van der Waals surface area contributed by atoms with Gasteiger partial charge in [0.25, 0.3) is 5.91 Å². The van der Waals surface area contributed by atoms with Crippen molar-refractivity contribution in [3.63, 3.8) is 0 Å². The van der Waals surface area contributed by atoms with Crippen LogP contribution >= 0.6 is 0 Å². The van der Waals surface area contributed by atoms with Gasteiger partial charge in [0.15, 0.2) is 0 Å². The van der Waals surface area contributed by atoms with Crippen LogP contribution in [-0.2, 0) is 19.2 Å². The lowest BCUT2D eigenvalue weighted by atomic mass is 10.3. The maximum atomic E-state index is 11.3. The summed E-state index contributed by atoms with van der Waals surface area (Å²) in [6.07, 6.45) is -0.351. The van der Waals surface area contributed by atoms with Gasteiger partial charge in [0.05, 0.1) is 5.69 Å². The van der Waals surface area contributed by atoms with Crippen molar-refractivity contribution in [3.05, 3.63) is 30.3 Å². The lowest BCUT2D eigenvalue weighted by Gasteiger charge is -2.18. The van der Waals surface area contributed by atoms with Crippen molar-refractivity contribution >= 4 is 23.3 Å². The highest BCUT2D eigenvalue weighted by molar-refractivity contribution is 5.97. The third-order valence-corrected chi connectivity index (χ3v) is 1.86. The van der Waals surface area contributed by atoms with Gasteiger partial charge in [-0.05, 0) is 19.1 Å². The molecule has 0 aliphatic carbocycles. The van der Waals surface area contributed by atoms with Crippen molar-refractivity contribution in [2.75, 3.05) is 5.06 Å². The fraction of sp³-hybridized carbons (Fsp3) is 0.250. The largest absolute Gasteiger partial charge is 0.340 e. The van der Waals surface area contributed by atoms with Crippen molar-refractivity contribution in [3.8, 4) is 0 Å². The lowest BCUT2D eigenvalue weighted by molar-refractivity contribution is -0.151. The highest BCUT2D eigenvalue weighted by atomic mass is 16.7. The Morgan fingerprint density at radius 1 is 1.12 bits per heavy atom. The molecular weight excluding hydrogens is 222 g/mol. The summed E-state index contributed by atoms with van der Waals surface area (Å²) in [5, 5.41) is 0.866. The molecule has 5 nitrogen and oxygen atoms in total. The first-order valence-electron chi connectivity index (χ1n) is 5.06. The predicted octanol–water partition coefficient (Wildman–Crippen LogP) is 1.48. The number of nitrogens with zero attached hydrogens (tertiary/aromatic N) is 1. The number of carbonyl (C=O) groups excluding carboxylic acids is 3. The Labute approximate surface area is 98.9 Å². The molecule has 0 bridgehead atoms. The molecule has 0 aliphatic rings. The van der Waals surface area contributed by atoms with E-state index in [4.69, 9.17) is 4.84 Å². The van der Waals surface area contributed by atoms with E-state index in [1.807, 2.05) is 0 Å². The van der Waals surface area contributed by atoms with Gasteiger partial charge in [-0.1, -0.05) is 18.2 Å². The number of rotatable bonds is 3. The third-order valence-electron chi connectivity index (χ3n) is 1.86. The number of ketones is 1. The van der Waals surface area contributed by atoms with Gasteiger partial charge in [0.2, 0.25) is 0 Å². The van der Waals surface area contributed by atoms with Crippen LogP contribution in [0.4, 0.5) is 5.69 Å². The molecule has 1 rings (SSSR count). The fourth-order valence-electron chi connectivity index (χ4n) is 1.20. The molecule has 1 aromatic rings. The zero-order valence-electron chi connectivity index (χ0n) is 9.67. The van der Waals surface area contributed by atoms with Crippen molar-refractivity contribution in [2.24, 2.45) is 0 Å². The number of hydrogen-bond donors (Lipinski definition) is 0. The second-order valence-corrected chi connectivity index (χ2v) is 3.49. The molecule has 0 atom stereocenters. The van der Waals surface area contributed by atoms with Crippen LogP contribution in [0.25, 0.3) is 0 Å². The minimum atomic E-state index is -0.753. The minimum Gasteiger partial charge on any atom is -0.333 e. The number of amides is 1. The van der Waals surface area contributed by atoms with E-state index >= 15 is 0 Å². The van der Waals surface area contributed by atoms with E-state index in [0.29, 0.717) is 5.69 Å². The summed E-state index contributed by atoms with van der Waals surface area (Å²) >= 11 is 0. The number of carbonyl (C=O) groups is 3. The normalized spacial score (nSPS) is 9.53. The summed E-state index contributed by atoms with van der Waals surface area (Å²) in [7, 11) is 0. The molecule has 0 spiro atoms. The Balaban J connectivity index is 2.78. The zero-order chi connectivity index (χ0) is 12.8. The van der Waals surface area contributed by atoms with Crippen molar-refractivity contribution in [1.82, 2.24) is 0 Å². The topological polar surface area (TPSA) is 63.7 Å². The van der Waals surface area contributed by atoms with Crippen LogP contribution in [-0.4, -0.2) is 17.7 Å². The van der Waals surface area contributed by atoms with E-state index in [1.165, 1.54) is 13.8 Å². The van der Waals surface area contributed by atoms with E-state index < -0.39 is 11.9 Å². The molecule has 0 unspecified atom stereocenters. The van der Waals surface area contributed by atoms with Crippen molar-refractivity contribution < 1.29 is 19.2 Å². The van der Waals surface area contributed by atoms with Gasteiger partial charge in [-0.3, -0.25) is 9.59 Å². The van der Waals surface area contributed by atoms with Crippen LogP contribution in [0.2, 0.25) is 0 Å². The monoisotopic (exact) mass is 235 g/mol. The standard InChI is InChI=1S/C12H13NO4/c1-9(14)8-12(16)17-13(10(2)15)11-6-4-3-5-7-11/h3-7H,8H2,1-2H3. The molecule has 1 amide bonds. The highest BCUT2D eigenvalue weighted by Crippen LogP contribution is 2.14. The summed E-state index contributed by atoms with van der Waals surface area (Å²) < 4.78 is 0. The number of hydrogen-bond acceptors (Lipinski definition) is 4. The third kappa shape index (κ3) is 4.06. The maximum absolute atomic E-state index is 11.3. The second kappa shape index (κ2) is 5.79. The van der Waals surface area contributed by atoms with Gasteiger partial charge in [0, 0.05) is 6.92 Å². The number of benzene rings is 1. The van der Waals surface area contributed by atoms with Gasteiger partial charge < -0.3 is 4.84 Å². The molecule has 0 N–H and O–H groups in total. The summed E-state index contributed by atoms with van der Waals surface area (Å²) in [6, 6.07) is 8.46. The van der Waals surface area contributed by atoms with Crippen LogP contribution in [0.15, 0.2) is 30.3 Å². The first kappa shape index (κ1) is 12.9.